The van der Waals surface area contributed by atoms with E-state index in [1.54, 1.807) is 6.07 Å². The van der Waals surface area contributed by atoms with Crippen molar-refractivity contribution in [1.29, 1.82) is 5.26 Å². The maximum atomic E-state index is 12.9. The number of alkyl halides is 2. The van der Waals surface area contributed by atoms with Crippen molar-refractivity contribution in [2.24, 2.45) is 5.92 Å². The highest BCUT2D eigenvalue weighted by molar-refractivity contribution is 5.93. The van der Waals surface area contributed by atoms with Crippen LogP contribution in [0.5, 0.6) is 0 Å². The maximum absolute atomic E-state index is 12.9. The van der Waals surface area contributed by atoms with Crippen molar-refractivity contribution >= 4 is 23.7 Å². The van der Waals surface area contributed by atoms with Crippen LogP contribution in [0.3, 0.4) is 0 Å². The van der Waals surface area contributed by atoms with Gasteiger partial charge in [0.1, 0.15) is 12.4 Å². The largest absolute Gasteiger partial charge is 0.372 e. The molecule has 3 rings (SSSR count). The minimum absolute atomic E-state index is 0.0395. The summed E-state index contributed by atoms with van der Waals surface area (Å²) in [5.74, 6) is -2.61. The van der Waals surface area contributed by atoms with E-state index in [1.165, 1.54) is 18.6 Å². The molecule has 3 N–H and O–H groups in total. The van der Waals surface area contributed by atoms with Crippen molar-refractivity contribution < 1.29 is 18.4 Å². The lowest BCUT2D eigenvalue weighted by Crippen LogP contribution is -2.39. The molecule has 1 aliphatic rings. The van der Waals surface area contributed by atoms with E-state index in [9.17, 15) is 23.6 Å². The first-order valence-electron chi connectivity index (χ1n) is 9.63. The number of carbonyl (C=O) groups excluding carboxylic acids is 2. The molecule has 1 aliphatic carbocycles. The van der Waals surface area contributed by atoms with Gasteiger partial charge in [-0.05, 0) is 18.9 Å². The van der Waals surface area contributed by atoms with Crippen LogP contribution in [-0.2, 0) is 9.59 Å². The molecule has 0 radical (unpaired) electrons. The number of nitrogens with one attached hydrogen (secondary N) is 3. The first-order chi connectivity index (χ1) is 14.8. The number of aldehydes is 1. The van der Waals surface area contributed by atoms with Crippen LogP contribution in [0.2, 0.25) is 0 Å². The van der Waals surface area contributed by atoms with Gasteiger partial charge < -0.3 is 20.7 Å². The predicted octanol–water partition coefficient (Wildman–Crippen LogP) is 1.98. The number of pyridine rings is 1. The van der Waals surface area contributed by atoms with Gasteiger partial charge in [0.2, 0.25) is 5.91 Å². The molecule has 1 atom stereocenters. The van der Waals surface area contributed by atoms with E-state index in [2.05, 4.69) is 30.9 Å². The number of halogens is 2. The van der Waals surface area contributed by atoms with Crippen LogP contribution >= 0.6 is 0 Å². The van der Waals surface area contributed by atoms with Crippen molar-refractivity contribution in [3.05, 3.63) is 30.4 Å². The van der Waals surface area contributed by atoms with Crippen LogP contribution in [-0.4, -0.2) is 52.2 Å². The van der Waals surface area contributed by atoms with Gasteiger partial charge in [0.05, 0.1) is 36.4 Å². The summed E-state index contributed by atoms with van der Waals surface area (Å²) < 4.78 is 25.9. The lowest BCUT2D eigenvalue weighted by Gasteiger charge is -2.18. The average Bonchev–Trinajstić information content (AvgIpc) is 3.58. The zero-order chi connectivity index (χ0) is 22.4. The Labute approximate surface area is 177 Å². The second-order valence-corrected chi connectivity index (χ2v) is 7.37. The van der Waals surface area contributed by atoms with Crippen LogP contribution in [0.4, 0.5) is 20.3 Å². The molecule has 11 heteroatoms. The summed E-state index contributed by atoms with van der Waals surface area (Å²) in [6.07, 6.45) is 6.62. The monoisotopic (exact) mass is 429 g/mol. The lowest BCUT2D eigenvalue weighted by molar-refractivity contribution is -0.117. The van der Waals surface area contributed by atoms with Gasteiger partial charge in [-0.2, -0.15) is 5.26 Å². The zero-order valence-electron chi connectivity index (χ0n) is 16.7. The maximum Gasteiger partial charge on any atom is 0.257 e. The topological polar surface area (TPSA) is 133 Å². The number of carbonyl (C=O) groups is 2. The van der Waals surface area contributed by atoms with E-state index in [-0.39, 0.29) is 29.8 Å². The second kappa shape index (κ2) is 9.53. The average molecular weight is 429 g/mol. The third kappa shape index (κ3) is 6.48. The molecule has 1 saturated carbocycles. The summed E-state index contributed by atoms with van der Waals surface area (Å²) in [4.78, 5) is 35.6. The van der Waals surface area contributed by atoms with Gasteiger partial charge in [-0.15, -0.1) is 0 Å². The molecule has 0 unspecified atom stereocenters. The molecule has 162 valence electrons. The molecule has 1 amide bonds. The Morgan fingerprint density at radius 1 is 1.32 bits per heavy atom. The summed E-state index contributed by atoms with van der Waals surface area (Å²) in [5.41, 5.74) is 1.26. The molecule has 0 spiro atoms. The Morgan fingerprint density at radius 2 is 2.10 bits per heavy atom. The van der Waals surface area contributed by atoms with Gasteiger partial charge in [0.15, 0.2) is 11.5 Å². The fourth-order valence-corrected chi connectivity index (χ4v) is 2.70. The first-order valence-corrected chi connectivity index (χ1v) is 9.63. The molecular formula is C20H21F2N7O2. The van der Waals surface area contributed by atoms with Crippen LogP contribution in [0, 0.1) is 17.2 Å². The fourth-order valence-electron chi connectivity index (χ4n) is 2.70. The fraction of sp³-hybridized carbons (Fsp3) is 0.400. The first kappa shape index (κ1) is 22.2. The number of hydrogen-bond acceptors (Lipinski definition) is 8. The molecule has 1 fully saturated rings. The zero-order valence-corrected chi connectivity index (χ0v) is 16.7. The standard InChI is InChI=1S/C20H21F2N7O2/c1-20(21,22)11-24-7-14(10-30)28-15-4-13(6-25-16(15)5-23)17-8-27-18(9-26-17)29-19(31)12-2-3-12/h4,6,8-10,12,14,24,28H,2-3,7,11H2,1H3,(H,27,29,31)/t14-/m0/s1. The molecule has 2 aromatic rings. The van der Waals surface area contributed by atoms with Crippen LogP contribution in [0.15, 0.2) is 24.7 Å². The molecule has 0 aromatic carbocycles. The van der Waals surface area contributed by atoms with E-state index in [0.29, 0.717) is 23.4 Å². The van der Waals surface area contributed by atoms with Gasteiger partial charge in [-0.3, -0.25) is 9.78 Å². The number of aromatic nitrogens is 3. The molecule has 31 heavy (non-hydrogen) atoms. The Morgan fingerprint density at radius 3 is 2.68 bits per heavy atom. The van der Waals surface area contributed by atoms with Crippen LogP contribution in [0.25, 0.3) is 11.3 Å². The van der Waals surface area contributed by atoms with E-state index >= 15 is 0 Å². The summed E-state index contributed by atoms with van der Waals surface area (Å²) in [6.45, 7) is 0.132. The van der Waals surface area contributed by atoms with Crippen molar-refractivity contribution in [1.82, 2.24) is 20.3 Å². The van der Waals surface area contributed by atoms with Crippen molar-refractivity contribution in [2.75, 3.05) is 23.7 Å². The van der Waals surface area contributed by atoms with Crippen molar-refractivity contribution in [3.8, 4) is 17.3 Å². The third-order valence-corrected chi connectivity index (χ3v) is 4.45. The van der Waals surface area contributed by atoms with E-state index in [4.69, 9.17) is 0 Å². The molecule has 0 aliphatic heterocycles. The van der Waals surface area contributed by atoms with Crippen LogP contribution in [0.1, 0.15) is 25.5 Å². The summed E-state index contributed by atoms with van der Waals surface area (Å²) in [7, 11) is 0. The Balaban J connectivity index is 1.71. The highest BCUT2D eigenvalue weighted by atomic mass is 19.3. The van der Waals surface area contributed by atoms with E-state index in [0.717, 1.165) is 19.8 Å². The molecular weight excluding hydrogens is 408 g/mol. The Bertz CT molecular complexity index is 983. The Kier molecular flexibility index (Phi) is 6.81. The van der Waals surface area contributed by atoms with E-state index in [1.807, 2.05) is 6.07 Å². The van der Waals surface area contributed by atoms with Gasteiger partial charge >= 0.3 is 0 Å². The van der Waals surface area contributed by atoms with Crippen LogP contribution < -0.4 is 16.0 Å². The molecule has 2 aromatic heterocycles. The number of hydrogen-bond donors (Lipinski definition) is 3. The summed E-state index contributed by atoms with van der Waals surface area (Å²) in [6, 6.07) is 2.64. The number of amides is 1. The summed E-state index contributed by atoms with van der Waals surface area (Å²) >= 11 is 0. The lowest BCUT2D eigenvalue weighted by atomic mass is 10.1. The molecule has 0 saturated heterocycles. The third-order valence-electron chi connectivity index (χ3n) is 4.45. The van der Waals surface area contributed by atoms with Gasteiger partial charge in [0.25, 0.3) is 5.92 Å². The van der Waals surface area contributed by atoms with E-state index < -0.39 is 18.5 Å². The highest BCUT2D eigenvalue weighted by Crippen LogP contribution is 2.30. The Hall–Kier alpha value is -3.52. The molecule has 9 nitrogen and oxygen atoms in total. The number of anilines is 2. The highest BCUT2D eigenvalue weighted by Gasteiger charge is 2.29. The smallest absolute Gasteiger partial charge is 0.257 e. The minimum atomic E-state index is -2.91. The van der Waals surface area contributed by atoms with Gasteiger partial charge in [0, 0.05) is 31.1 Å². The summed E-state index contributed by atoms with van der Waals surface area (Å²) in [5, 5.41) is 17.3. The molecule has 0 bridgehead atoms. The minimum Gasteiger partial charge on any atom is -0.372 e. The number of rotatable bonds is 10. The van der Waals surface area contributed by atoms with Crippen molar-refractivity contribution in [2.45, 2.75) is 31.7 Å². The molecule has 2 heterocycles. The number of nitrogens with zero attached hydrogens (tertiary/aromatic N) is 4. The SMILES string of the molecule is CC(F)(F)CNC[C@@H](C=O)Nc1cc(-c2cnc(NC(=O)C3CC3)cn2)cnc1C#N. The normalized spacial score (nSPS) is 14.4. The number of nitriles is 1. The van der Waals surface area contributed by atoms with Gasteiger partial charge in [-0.1, -0.05) is 0 Å². The van der Waals surface area contributed by atoms with Crippen molar-refractivity contribution in [3.63, 3.8) is 0 Å². The second-order valence-electron chi connectivity index (χ2n) is 7.37. The predicted molar refractivity (Wildman–Crippen MR) is 108 cm³/mol. The van der Waals surface area contributed by atoms with Gasteiger partial charge in [-0.25, -0.2) is 18.7 Å². The quantitative estimate of drug-likeness (QED) is 0.489.